The lowest BCUT2D eigenvalue weighted by Gasteiger charge is -2.02. The summed E-state index contributed by atoms with van der Waals surface area (Å²) in [5.41, 5.74) is 6.68. The van der Waals surface area contributed by atoms with Crippen LogP contribution < -0.4 is 11.1 Å². The fourth-order valence-electron chi connectivity index (χ4n) is 1.42. The van der Waals surface area contributed by atoms with Crippen LogP contribution in [0, 0.1) is 6.92 Å². The summed E-state index contributed by atoms with van der Waals surface area (Å²) in [5.74, 6) is 0.660. The van der Waals surface area contributed by atoms with Crippen molar-refractivity contribution in [1.29, 1.82) is 0 Å². The number of anilines is 1. The molecular formula is C10H12N6O. The van der Waals surface area contributed by atoms with Crippen LogP contribution in [0.25, 0.3) is 5.82 Å². The first-order valence-corrected chi connectivity index (χ1v) is 5.00. The van der Waals surface area contributed by atoms with Crippen molar-refractivity contribution in [3.8, 4) is 5.82 Å². The minimum atomic E-state index is -0.277. The summed E-state index contributed by atoms with van der Waals surface area (Å²) in [4.78, 5) is 11.3. The molecule has 0 spiro atoms. The van der Waals surface area contributed by atoms with Crippen LogP contribution in [-0.2, 0) is 0 Å². The van der Waals surface area contributed by atoms with Gasteiger partial charge in [-0.05, 0) is 19.1 Å². The van der Waals surface area contributed by atoms with Crippen molar-refractivity contribution in [2.45, 2.75) is 6.92 Å². The zero-order chi connectivity index (χ0) is 12.4. The summed E-state index contributed by atoms with van der Waals surface area (Å²) in [6.45, 7) is 1.86. The van der Waals surface area contributed by atoms with Crippen molar-refractivity contribution in [3.05, 3.63) is 29.6 Å². The Morgan fingerprint density at radius 1 is 1.41 bits per heavy atom. The first-order valence-electron chi connectivity index (χ1n) is 5.00. The van der Waals surface area contributed by atoms with Gasteiger partial charge in [0.2, 0.25) is 0 Å². The molecule has 2 aromatic rings. The van der Waals surface area contributed by atoms with Gasteiger partial charge in [-0.1, -0.05) is 0 Å². The Morgan fingerprint density at radius 2 is 2.18 bits per heavy atom. The molecule has 0 aliphatic rings. The summed E-state index contributed by atoms with van der Waals surface area (Å²) in [6.07, 6.45) is 0. The molecule has 17 heavy (non-hydrogen) atoms. The van der Waals surface area contributed by atoms with Gasteiger partial charge in [0, 0.05) is 18.8 Å². The number of amides is 1. The van der Waals surface area contributed by atoms with Gasteiger partial charge in [0.05, 0.1) is 0 Å². The summed E-state index contributed by atoms with van der Waals surface area (Å²) in [7, 11) is 1.54. The fourth-order valence-corrected chi connectivity index (χ4v) is 1.42. The first kappa shape index (κ1) is 11.1. The highest BCUT2D eigenvalue weighted by Crippen LogP contribution is 2.10. The molecule has 88 valence electrons. The van der Waals surface area contributed by atoms with Crippen molar-refractivity contribution in [2.24, 2.45) is 0 Å². The number of aryl methyl sites for hydroxylation is 1. The third-order valence-corrected chi connectivity index (χ3v) is 2.23. The molecule has 0 bridgehead atoms. The van der Waals surface area contributed by atoms with Gasteiger partial charge in [-0.2, -0.15) is 0 Å². The van der Waals surface area contributed by atoms with Crippen molar-refractivity contribution in [1.82, 2.24) is 25.3 Å². The first-order chi connectivity index (χ1) is 8.11. The molecule has 2 rings (SSSR count). The zero-order valence-electron chi connectivity index (χ0n) is 9.51. The number of hydrogen-bond donors (Lipinski definition) is 2. The normalized spacial score (nSPS) is 10.2. The largest absolute Gasteiger partial charge is 0.382 e. The van der Waals surface area contributed by atoms with Crippen LogP contribution in [0.2, 0.25) is 0 Å². The quantitative estimate of drug-likeness (QED) is 0.754. The van der Waals surface area contributed by atoms with Crippen LogP contribution in [-0.4, -0.2) is 32.9 Å². The summed E-state index contributed by atoms with van der Waals surface area (Å²) in [5, 5.41) is 14.3. The average Bonchev–Trinajstić information content (AvgIpc) is 2.68. The maximum absolute atomic E-state index is 11.3. The lowest BCUT2D eigenvalue weighted by atomic mass is 10.3. The molecule has 3 N–H and O–H groups in total. The van der Waals surface area contributed by atoms with Crippen LogP contribution in [0.5, 0.6) is 0 Å². The molecule has 1 amide bonds. The molecule has 0 fully saturated rings. The molecule has 0 aliphatic carbocycles. The second-order valence-electron chi connectivity index (χ2n) is 3.48. The van der Waals surface area contributed by atoms with Crippen LogP contribution in [0.4, 0.5) is 5.82 Å². The van der Waals surface area contributed by atoms with Crippen molar-refractivity contribution >= 4 is 11.7 Å². The number of nitrogens with two attached hydrogens (primary N) is 1. The maximum atomic E-state index is 11.3. The van der Waals surface area contributed by atoms with Crippen LogP contribution in [0.3, 0.4) is 0 Å². The van der Waals surface area contributed by atoms with Crippen molar-refractivity contribution in [2.75, 3.05) is 12.8 Å². The lowest BCUT2D eigenvalue weighted by Crippen LogP contribution is -2.20. The molecule has 7 heteroatoms. The number of carbonyl (C=O) groups is 1. The Labute approximate surface area is 97.6 Å². The minimum Gasteiger partial charge on any atom is -0.382 e. The molecule has 0 saturated heterocycles. The second kappa shape index (κ2) is 4.20. The molecule has 7 nitrogen and oxygen atoms in total. The Morgan fingerprint density at radius 3 is 2.65 bits per heavy atom. The monoisotopic (exact) mass is 232 g/mol. The average molecular weight is 232 g/mol. The van der Waals surface area contributed by atoms with E-state index in [1.165, 1.54) is 7.05 Å². The summed E-state index contributed by atoms with van der Waals surface area (Å²) in [6, 6.07) is 4.98. The second-order valence-corrected chi connectivity index (χ2v) is 3.48. The van der Waals surface area contributed by atoms with Gasteiger partial charge >= 0.3 is 0 Å². The zero-order valence-corrected chi connectivity index (χ0v) is 9.51. The van der Waals surface area contributed by atoms with Gasteiger partial charge in [-0.15, -0.1) is 15.3 Å². The highest BCUT2D eigenvalue weighted by Gasteiger charge is 2.09. The number of nitrogens with one attached hydrogen (secondary N) is 1. The summed E-state index contributed by atoms with van der Waals surface area (Å²) < 4.78 is 1.57. The predicted molar refractivity (Wildman–Crippen MR) is 61.7 cm³/mol. The van der Waals surface area contributed by atoms with E-state index >= 15 is 0 Å². The number of rotatable bonds is 2. The Balaban J connectivity index is 2.35. The van der Waals surface area contributed by atoms with E-state index in [0.717, 1.165) is 5.69 Å². The van der Waals surface area contributed by atoms with E-state index in [1.54, 1.807) is 22.9 Å². The van der Waals surface area contributed by atoms with Gasteiger partial charge in [0.1, 0.15) is 5.82 Å². The number of carbonyl (C=O) groups excluding carboxylic acids is 1. The number of nitrogens with zero attached hydrogens (tertiary/aromatic N) is 4. The third-order valence-electron chi connectivity index (χ3n) is 2.23. The molecule has 0 radical (unpaired) electrons. The van der Waals surface area contributed by atoms with Gasteiger partial charge in [0.25, 0.3) is 5.91 Å². The van der Waals surface area contributed by atoms with Gasteiger partial charge in [-0.25, -0.2) is 4.68 Å². The van der Waals surface area contributed by atoms with Crippen LogP contribution in [0.1, 0.15) is 16.2 Å². The minimum absolute atomic E-state index is 0.258. The molecule has 0 unspecified atom stereocenters. The van der Waals surface area contributed by atoms with E-state index < -0.39 is 0 Å². The maximum Gasteiger partial charge on any atom is 0.271 e. The predicted octanol–water partition coefficient (Wildman–Crippen LogP) is -0.0875. The van der Waals surface area contributed by atoms with E-state index in [4.69, 9.17) is 5.73 Å². The van der Waals surface area contributed by atoms with E-state index in [2.05, 4.69) is 20.6 Å². The van der Waals surface area contributed by atoms with Crippen molar-refractivity contribution < 1.29 is 4.79 Å². The number of nitrogen functional groups attached to an aromatic ring is 1. The van der Waals surface area contributed by atoms with E-state index in [0.29, 0.717) is 11.6 Å². The van der Waals surface area contributed by atoms with Gasteiger partial charge < -0.3 is 11.1 Å². The SMILES string of the molecule is CNC(=O)c1ccc(-n2nc(N)cc2C)nn1. The summed E-state index contributed by atoms with van der Waals surface area (Å²) >= 11 is 0. The topological polar surface area (TPSA) is 98.7 Å². The lowest BCUT2D eigenvalue weighted by molar-refractivity contribution is 0.0957. The van der Waals surface area contributed by atoms with E-state index in [9.17, 15) is 4.79 Å². The standard InChI is InChI=1S/C10H12N6O/c1-6-5-8(11)15-16(6)9-4-3-7(13-14-9)10(17)12-2/h3-5H,1-2H3,(H2,11,15)(H,12,17). The Hall–Kier alpha value is -2.44. The Bertz CT molecular complexity index is 544. The molecule has 0 aromatic carbocycles. The van der Waals surface area contributed by atoms with Crippen LogP contribution >= 0.6 is 0 Å². The Kier molecular flexibility index (Phi) is 2.73. The highest BCUT2D eigenvalue weighted by atomic mass is 16.1. The van der Waals surface area contributed by atoms with Crippen LogP contribution in [0.15, 0.2) is 18.2 Å². The smallest absolute Gasteiger partial charge is 0.271 e. The molecule has 0 atom stereocenters. The van der Waals surface area contributed by atoms with E-state index in [-0.39, 0.29) is 11.6 Å². The third kappa shape index (κ3) is 2.07. The van der Waals surface area contributed by atoms with Gasteiger partial charge in [-0.3, -0.25) is 4.79 Å². The van der Waals surface area contributed by atoms with Crippen molar-refractivity contribution in [3.63, 3.8) is 0 Å². The molecule has 2 aromatic heterocycles. The molecular weight excluding hydrogens is 220 g/mol. The van der Waals surface area contributed by atoms with Gasteiger partial charge in [0.15, 0.2) is 11.5 Å². The van der Waals surface area contributed by atoms with E-state index in [1.807, 2.05) is 6.92 Å². The number of aromatic nitrogens is 4. The molecule has 0 aliphatic heterocycles. The number of hydrogen-bond acceptors (Lipinski definition) is 5. The highest BCUT2D eigenvalue weighted by molar-refractivity contribution is 5.91. The fraction of sp³-hybridized carbons (Fsp3) is 0.200. The molecule has 0 saturated carbocycles. The molecule has 2 heterocycles.